The number of amides is 4. The van der Waals surface area contributed by atoms with Gasteiger partial charge in [-0.1, -0.05) is 18.2 Å². The molecule has 152 valence electrons. The molecule has 0 saturated carbocycles. The zero-order valence-corrected chi connectivity index (χ0v) is 15.8. The van der Waals surface area contributed by atoms with Crippen LogP contribution in [0, 0.1) is 11.6 Å². The number of nitrogens with zero attached hydrogens (tertiary/aromatic N) is 1. The van der Waals surface area contributed by atoms with Crippen molar-refractivity contribution in [2.75, 3.05) is 19.0 Å². The van der Waals surface area contributed by atoms with Crippen molar-refractivity contribution in [3.8, 4) is 5.75 Å². The number of hydrogen-bond donors (Lipinski definition) is 2. The van der Waals surface area contributed by atoms with Crippen LogP contribution in [0.4, 0.5) is 19.3 Å². The molecule has 0 aromatic heterocycles. The highest BCUT2D eigenvalue weighted by Gasteiger charge is 2.48. The third kappa shape index (κ3) is 4.18. The molecule has 7 nitrogen and oxygen atoms in total. The predicted octanol–water partition coefficient (Wildman–Crippen LogP) is 2.47. The highest BCUT2D eigenvalue weighted by molar-refractivity contribution is 6.10. The molecule has 0 unspecified atom stereocenters. The maximum absolute atomic E-state index is 13.3. The first kappa shape index (κ1) is 20.2. The van der Waals surface area contributed by atoms with Crippen molar-refractivity contribution < 1.29 is 27.9 Å². The van der Waals surface area contributed by atoms with Crippen LogP contribution in [0.3, 0.4) is 0 Å². The smallest absolute Gasteiger partial charge is 0.325 e. The van der Waals surface area contributed by atoms with E-state index >= 15 is 0 Å². The molecule has 2 aromatic carbocycles. The topological polar surface area (TPSA) is 87.7 Å². The maximum Gasteiger partial charge on any atom is 0.325 e. The normalized spacial score (nSPS) is 18.6. The van der Waals surface area contributed by atoms with Crippen LogP contribution in [0.15, 0.2) is 42.5 Å². The van der Waals surface area contributed by atoms with Gasteiger partial charge in [0.1, 0.15) is 17.8 Å². The Morgan fingerprint density at radius 3 is 2.59 bits per heavy atom. The molecule has 1 aliphatic rings. The minimum atomic E-state index is -1.26. The van der Waals surface area contributed by atoms with Crippen molar-refractivity contribution in [1.82, 2.24) is 10.2 Å². The van der Waals surface area contributed by atoms with Crippen molar-refractivity contribution >= 4 is 23.5 Å². The molecule has 0 bridgehead atoms. The van der Waals surface area contributed by atoms with E-state index in [4.69, 9.17) is 4.74 Å². The molecule has 0 spiro atoms. The largest absolute Gasteiger partial charge is 0.496 e. The summed E-state index contributed by atoms with van der Waals surface area (Å²) >= 11 is 0. The van der Waals surface area contributed by atoms with Crippen LogP contribution in [0.2, 0.25) is 0 Å². The minimum absolute atomic E-state index is 0.0118. The number of anilines is 1. The van der Waals surface area contributed by atoms with Gasteiger partial charge < -0.3 is 15.4 Å². The summed E-state index contributed by atoms with van der Waals surface area (Å²) in [6, 6.07) is 9.23. The molecular weight excluding hydrogens is 384 g/mol. The number of ether oxygens (including phenoxy) is 1. The van der Waals surface area contributed by atoms with Gasteiger partial charge in [0.2, 0.25) is 5.91 Å². The molecule has 1 atom stereocenters. The molecule has 9 heteroatoms. The van der Waals surface area contributed by atoms with Gasteiger partial charge in [0.25, 0.3) is 5.91 Å². The number of hydrogen-bond acceptors (Lipinski definition) is 4. The number of halogens is 2. The number of methoxy groups -OCH3 is 1. The van der Waals surface area contributed by atoms with E-state index in [1.807, 2.05) is 0 Å². The Bertz CT molecular complexity index is 982. The lowest BCUT2D eigenvalue weighted by molar-refractivity contribution is -0.133. The Morgan fingerprint density at radius 2 is 1.90 bits per heavy atom. The van der Waals surface area contributed by atoms with E-state index < -0.39 is 41.6 Å². The number of para-hydroxylation sites is 1. The number of urea groups is 1. The SMILES string of the molecule is COc1ccccc1C[C@]1(C)NC(=O)N(CC(=O)Nc2ccc(F)c(F)c2)C1=O. The van der Waals surface area contributed by atoms with Crippen molar-refractivity contribution in [2.45, 2.75) is 18.9 Å². The summed E-state index contributed by atoms with van der Waals surface area (Å²) in [5, 5.41) is 4.94. The lowest BCUT2D eigenvalue weighted by atomic mass is 9.92. The summed E-state index contributed by atoms with van der Waals surface area (Å²) < 4.78 is 31.5. The summed E-state index contributed by atoms with van der Waals surface area (Å²) in [6.07, 6.45) is 0.170. The van der Waals surface area contributed by atoms with Gasteiger partial charge in [-0.05, 0) is 30.7 Å². The predicted molar refractivity (Wildman–Crippen MR) is 100 cm³/mol. The van der Waals surface area contributed by atoms with Crippen molar-refractivity contribution in [1.29, 1.82) is 0 Å². The molecule has 1 aliphatic heterocycles. The molecule has 2 N–H and O–H groups in total. The first-order valence-corrected chi connectivity index (χ1v) is 8.74. The Kier molecular flexibility index (Phi) is 5.49. The Labute approximate surface area is 165 Å². The Balaban J connectivity index is 1.71. The van der Waals surface area contributed by atoms with Crippen LogP contribution in [0.1, 0.15) is 12.5 Å². The fourth-order valence-corrected chi connectivity index (χ4v) is 3.16. The lowest BCUT2D eigenvalue weighted by Crippen LogP contribution is -2.46. The fourth-order valence-electron chi connectivity index (χ4n) is 3.16. The summed E-state index contributed by atoms with van der Waals surface area (Å²) in [4.78, 5) is 38.1. The number of carbonyl (C=O) groups is 3. The standard InChI is InChI=1S/C20H19F2N3O4/c1-20(10-12-5-3-4-6-16(12)29-2)18(27)25(19(28)24-20)11-17(26)23-13-7-8-14(21)15(22)9-13/h3-9H,10-11H2,1-2H3,(H,23,26)(H,24,28)/t20-/m0/s1. The van der Waals surface area contributed by atoms with E-state index in [0.717, 1.165) is 22.6 Å². The molecule has 1 saturated heterocycles. The van der Waals surface area contributed by atoms with Gasteiger partial charge in [-0.15, -0.1) is 0 Å². The van der Waals surface area contributed by atoms with Gasteiger partial charge in [0.15, 0.2) is 11.6 Å². The zero-order chi connectivity index (χ0) is 21.2. The number of carbonyl (C=O) groups excluding carboxylic acids is 3. The molecule has 3 rings (SSSR count). The highest BCUT2D eigenvalue weighted by atomic mass is 19.2. The third-order valence-electron chi connectivity index (χ3n) is 4.59. The second-order valence-electron chi connectivity index (χ2n) is 6.82. The molecular formula is C20H19F2N3O4. The average Bonchev–Trinajstić information content (AvgIpc) is 2.88. The van der Waals surface area contributed by atoms with Crippen LogP contribution >= 0.6 is 0 Å². The summed E-state index contributed by atoms with van der Waals surface area (Å²) in [6.45, 7) is 0.998. The number of benzene rings is 2. The monoisotopic (exact) mass is 403 g/mol. The van der Waals surface area contributed by atoms with E-state index in [9.17, 15) is 23.2 Å². The van der Waals surface area contributed by atoms with E-state index in [1.54, 1.807) is 31.2 Å². The van der Waals surface area contributed by atoms with Gasteiger partial charge in [-0.25, -0.2) is 13.6 Å². The lowest BCUT2D eigenvalue weighted by Gasteiger charge is -2.22. The van der Waals surface area contributed by atoms with Gasteiger partial charge >= 0.3 is 6.03 Å². The molecule has 29 heavy (non-hydrogen) atoms. The van der Waals surface area contributed by atoms with Crippen molar-refractivity contribution in [3.63, 3.8) is 0 Å². The van der Waals surface area contributed by atoms with Gasteiger partial charge in [-0.2, -0.15) is 0 Å². The second kappa shape index (κ2) is 7.86. The average molecular weight is 403 g/mol. The minimum Gasteiger partial charge on any atom is -0.496 e. The second-order valence-corrected chi connectivity index (χ2v) is 6.82. The summed E-state index contributed by atoms with van der Waals surface area (Å²) in [5.74, 6) is -2.90. The quantitative estimate of drug-likeness (QED) is 0.726. The molecule has 0 radical (unpaired) electrons. The molecule has 0 aliphatic carbocycles. The van der Waals surface area contributed by atoms with Crippen LogP contribution < -0.4 is 15.4 Å². The number of nitrogens with one attached hydrogen (secondary N) is 2. The molecule has 2 aromatic rings. The maximum atomic E-state index is 13.3. The molecule has 1 heterocycles. The van der Waals surface area contributed by atoms with E-state index in [1.165, 1.54) is 13.2 Å². The summed E-state index contributed by atoms with van der Waals surface area (Å²) in [5.41, 5.74) is -0.523. The summed E-state index contributed by atoms with van der Waals surface area (Å²) in [7, 11) is 1.51. The van der Waals surface area contributed by atoms with Crippen molar-refractivity contribution in [3.05, 3.63) is 59.7 Å². The van der Waals surface area contributed by atoms with Crippen LogP contribution in [0.5, 0.6) is 5.75 Å². The molecule has 1 fully saturated rings. The van der Waals surface area contributed by atoms with Gasteiger partial charge in [0.05, 0.1) is 7.11 Å². The number of imide groups is 1. The van der Waals surface area contributed by atoms with Crippen LogP contribution in [-0.4, -0.2) is 41.9 Å². The van der Waals surface area contributed by atoms with Gasteiger partial charge in [-0.3, -0.25) is 14.5 Å². The van der Waals surface area contributed by atoms with E-state index in [0.29, 0.717) is 5.75 Å². The van der Waals surface area contributed by atoms with Gasteiger partial charge in [0, 0.05) is 18.2 Å². The third-order valence-corrected chi connectivity index (χ3v) is 4.59. The number of rotatable bonds is 6. The first-order chi connectivity index (χ1) is 13.7. The van der Waals surface area contributed by atoms with E-state index in [-0.39, 0.29) is 12.1 Å². The highest BCUT2D eigenvalue weighted by Crippen LogP contribution is 2.27. The first-order valence-electron chi connectivity index (χ1n) is 8.74. The van der Waals surface area contributed by atoms with E-state index in [2.05, 4.69) is 10.6 Å². The van der Waals surface area contributed by atoms with Crippen molar-refractivity contribution in [2.24, 2.45) is 0 Å². The van der Waals surface area contributed by atoms with Crippen LogP contribution in [0.25, 0.3) is 0 Å². The molecule has 4 amide bonds. The Hall–Kier alpha value is -3.49. The zero-order valence-electron chi connectivity index (χ0n) is 15.8. The Morgan fingerprint density at radius 1 is 1.17 bits per heavy atom. The fraction of sp³-hybridized carbons (Fsp3) is 0.250. The van der Waals surface area contributed by atoms with Crippen LogP contribution in [-0.2, 0) is 16.0 Å².